The SMILES string of the molecule is CCn1c(SCC(=O)Nc2nccs2)nnc1-c1cccc(N(C)C)c1. The van der Waals surface area contributed by atoms with E-state index in [2.05, 4.69) is 37.5 Å². The van der Waals surface area contributed by atoms with E-state index in [0.717, 1.165) is 28.8 Å². The predicted octanol–water partition coefficient (Wildman–Crippen LogP) is 3.22. The Kier molecular flexibility index (Phi) is 5.89. The Morgan fingerprint density at radius 3 is 2.88 bits per heavy atom. The second kappa shape index (κ2) is 8.33. The minimum absolute atomic E-state index is 0.105. The standard InChI is InChI=1S/C17H20N6OS2/c1-4-23-15(12-6-5-7-13(10-12)22(2)3)20-21-17(23)26-11-14(24)19-16-18-8-9-25-16/h5-10H,4,11H2,1-3H3,(H,18,19,24). The molecule has 0 unspecified atom stereocenters. The van der Waals surface area contributed by atoms with Crippen LogP contribution in [0.25, 0.3) is 11.4 Å². The van der Waals surface area contributed by atoms with Crippen LogP contribution in [0, 0.1) is 0 Å². The number of thiazole rings is 1. The maximum absolute atomic E-state index is 12.1. The van der Waals surface area contributed by atoms with E-state index in [-0.39, 0.29) is 11.7 Å². The van der Waals surface area contributed by atoms with Crippen molar-refractivity contribution in [3.63, 3.8) is 0 Å². The lowest BCUT2D eigenvalue weighted by molar-refractivity contribution is -0.113. The number of hydrogen-bond donors (Lipinski definition) is 1. The first-order chi connectivity index (χ1) is 12.6. The fraction of sp³-hybridized carbons (Fsp3) is 0.294. The summed E-state index contributed by atoms with van der Waals surface area (Å²) in [5.41, 5.74) is 2.11. The Bertz CT molecular complexity index is 875. The van der Waals surface area contributed by atoms with Gasteiger partial charge in [0, 0.05) is 43.5 Å². The molecule has 1 amide bonds. The summed E-state index contributed by atoms with van der Waals surface area (Å²) >= 11 is 2.77. The van der Waals surface area contributed by atoms with E-state index in [1.165, 1.54) is 23.1 Å². The molecule has 0 fully saturated rings. The van der Waals surface area contributed by atoms with Gasteiger partial charge >= 0.3 is 0 Å². The summed E-state index contributed by atoms with van der Waals surface area (Å²) in [6, 6.07) is 8.16. The predicted molar refractivity (Wildman–Crippen MR) is 107 cm³/mol. The third kappa shape index (κ3) is 4.23. The van der Waals surface area contributed by atoms with Crippen molar-refractivity contribution in [1.82, 2.24) is 19.7 Å². The van der Waals surface area contributed by atoms with Gasteiger partial charge in [0.05, 0.1) is 5.75 Å². The van der Waals surface area contributed by atoms with Gasteiger partial charge in [0.15, 0.2) is 16.1 Å². The number of thioether (sulfide) groups is 1. The quantitative estimate of drug-likeness (QED) is 0.626. The third-order valence-corrected chi connectivity index (χ3v) is 5.32. The molecule has 0 spiro atoms. The number of carbonyl (C=O) groups is 1. The molecular formula is C17H20N6OS2. The maximum atomic E-state index is 12.1. The smallest absolute Gasteiger partial charge is 0.236 e. The van der Waals surface area contributed by atoms with E-state index < -0.39 is 0 Å². The summed E-state index contributed by atoms with van der Waals surface area (Å²) in [4.78, 5) is 18.2. The molecular weight excluding hydrogens is 368 g/mol. The molecule has 7 nitrogen and oxygen atoms in total. The van der Waals surface area contributed by atoms with Crippen molar-refractivity contribution in [3.8, 4) is 11.4 Å². The summed E-state index contributed by atoms with van der Waals surface area (Å²) in [5.74, 6) is 0.959. The first kappa shape index (κ1) is 18.4. The zero-order valence-electron chi connectivity index (χ0n) is 14.8. The van der Waals surface area contributed by atoms with Gasteiger partial charge in [0.25, 0.3) is 0 Å². The summed E-state index contributed by atoms with van der Waals surface area (Å²) in [6.07, 6.45) is 1.66. The van der Waals surface area contributed by atoms with Gasteiger partial charge in [-0.1, -0.05) is 23.9 Å². The number of nitrogens with one attached hydrogen (secondary N) is 1. The highest BCUT2D eigenvalue weighted by atomic mass is 32.2. The van der Waals surface area contributed by atoms with Crippen molar-refractivity contribution in [1.29, 1.82) is 0 Å². The molecule has 9 heteroatoms. The average molecular weight is 389 g/mol. The molecule has 0 radical (unpaired) electrons. The van der Waals surface area contributed by atoms with Crippen LogP contribution in [-0.4, -0.2) is 45.5 Å². The summed E-state index contributed by atoms with van der Waals surface area (Å²) in [5, 5.41) is 14.5. The van der Waals surface area contributed by atoms with Crippen molar-refractivity contribution < 1.29 is 4.79 Å². The topological polar surface area (TPSA) is 75.9 Å². The van der Waals surface area contributed by atoms with Crippen molar-refractivity contribution in [2.24, 2.45) is 0 Å². The summed E-state index contributed by atoms with van der Waals surface area (Å²) in [6.45, 7) is 2.77. The van der Waals surface area contributed by atoms with E-state index in [9.17, 15) is 4.79 Å². The Hall–Kier alpha value is -2.39. The Morgan fingerprint density at radius 2 is 2.19 bits per heavy atom. The number of hydrogen-bond acceptors (Lipinski definition) is 7. The first-order valence-corrected chi connectivity index (χ1v) is 9.98. The molecule has 1 aromatic carbocycles. The van der Waals surface area contributed by atoms with E-state index >= 15 is 0 Å². The lowest BCUT2D eigenvalue weighted by atomic mass is 10.2. The normalized spacial score (nSPS) is 10.7. The molecule has 26 heavy (non-hydrogen) atoms. The second-order valence-corrected chi connectivity index (χ2v) is 7.51. The fourth-order valence-electron chi connectivity index (χ4n) is 2.39. The van der Waals surface area contributed by atoms with E-state index in [4.69, 9.17) is 0 Å². The summed E-state index contributed by atoms with van der Waals surface area (Å²) in [7, 11) is 4.01. The van der Waals surface area contributed by atoms with Crippen LogP contribution >= 0.6 is 23.1 Å². The number of aromatic nitrogens is 4. The second-order valence-electron chi connectivity index (χ2n) is 5.67. The zero-order chi connectivity index (χ0) is 18.5. The van der Waals surface area contributed by atoms with Crippen LogP contribution in [0.15, 0.2) is 41.0 Å². The van der Waals surface area contributed by atoms with Gasteiger partial charge in [-0.05, 0) is 19.1 Å². The van der Waals surface area contributed by atoms with Crippen LogP contribution in [0.5, 0.6) is 0 Å². The van der Waals surface area contributed by atoms with Gasteiger partial charge in [-0.25, -0.2) is 4.98 Å². The van der Waals surface area contributed by atoms with Crippen molar-refractivity contribution in [2.45, 2.75) is 18.6 Å². The molecule has 0 aliphatic rings. The molecule has 2 heterocycles. The van der Waals surface area contributed by atoms with E-state index in [1.807, 2.05) is 43.1 Å². The van der Waals surface area contributed by atoms with Crippen LogP contribution in [0.4, 0.5) is 10.8 Å². The summed E-state index contributed by atoms with van der Waals surface area (Å²) < 4.78 is 2.02. The molecule has 0 saturated heterocycles. The molecule has 1 N–H and O–H groups in total. The fourth-order valence-corrected chi connectivity index (χ4v) is 3.74. The molecule has 0 aliphatic heterocycles. The van der Waals surface area contributed by atoms with Gasteiger partial charge in [0.2, 0.25) is 5.91 Å². The molecule has 0 bridgehead atoms. The number of benzene rings is 1. The van der Waals surface area contributed by atoms with Crippen LogP contribution < -0.4 is 10.2 Å². The van der Waals surface area contributed by atoms with Crippen LogP contribution in [0.2, 0.25) is 0 Å². The highest BCUT2D eigenvalue weighted by Crippen LogP contribution is 2.26. The van der Waals surface area contributed by atoms with Crippen molar-refractivity contribution in [3.05, 3.63) is 35.8 Å². The van der Waals surface area contributed by atoms with E-state index in [0.29, 0.717) is 5.13 Å². The monoisotopic (exact) mass is 388 g/mol. The van der Waals surface area contributed by atoms with Gasteiger partial charge in [0.1, 0.15) is 0 Å². The minimum atomic E-state index is -0.105. The third-order valence-electron chi connectivity index (χ3n) is 3.66. The number of rotatable bonds is 7. The molecule has 136 valence electrons. The maximum Gasteiger partial charge on any atom is 0.236 e. The Morgan fingerprint density at radius 1 is 1.35 bits per heavy atom. The molecule has 2 aromatic heterocycles. The molecule has 0 saturated carbocycles. The number of amides is 1. The van der Waals surface area contributed by atoms with Gasteiger partial charge < -0.3 is 14.8 Å². The Balaban J connectivity index is 1.74. The molecule has 0 atom stereocenters. The van der Waals surface area contributed by atoms with Gasteiger partial charge in [-0.3, -0.25) is 4.79 Å². The van der Waals surface area contributed by atoms with Gasteiger partial charge in [-0.15, -0.1) is 21.5 Å². The highest BCUT2D eigenvalue weighted by molar-refractivity contribution is 7.99. The van der Waals surface area contributed by atoms with Crippen LogP contribution in [-0.2, 0) is 11.3 Å². The van der Waals surface area contributed by atoms with E-state index in [1.54, 1.807) is 6.20 Å². The highest BCUT2D eigenvalue weighted by Gasteiger charge is 2.15. The first-order valence-electron chi connectivity index (χ1n) is 8.11. The zero-order valence-corrected chi connectivity index (χ0v) is 16.5. The number of carbonyl (C=O) groups excluding carboxylic acids is 1. The molecule has 3 aromatic rings. The van der Waals surface area contributed by atoms with Crippen LogP contribution in [0.1, 0.15) is 6.92 Å². The molecule has 0 aliphatic carbocycles. The lowest BCUT2D eigenvalue weighted by Gasteiger charge is -2.14. The number of nitrogens with zero attached hydrogens (tertiary/aromatic N) is 5. The minimum Gasteiger partial charge on any atom is -0.378 e. The number of anilines is 2. The van der Waals surface area contributed by atoms with Crippen molar-refractivity contribution >= 4 is 39.8 Å². The average Bonchev–Trinajstić information content (AvgIpc) is 3.29. The Labute approximate surface area is 160 Å². The largest absolute Gasteiger partial charge is 0.378 e. The molecule has 3 rings (SSSR count). The lowest BCUT2D eigenvalue weighted by Crippen LogP contribution is -2.14. The van der Waals surface area contributed by atoms with Crippen LogP contribution in [0.3, 0.4) is 0 Å². The van der Waals surface area contributed by atoms with Gasteiger partial charge in [-0.2, -0.15) is 0 Å². The van der Waals surface area contributed by atoms with Crippen molar-refractivity contribution in [2.75, 3.05) is 30.1 Å².